The van der Waals surface area contributed by atoms with Gasteiger partial charge in [-0.1, -0.05) is 32.1 Å². The molecule has 0 radical (unpaired) electrons. The molecule has 1 aromatic carbocycles. The summed E-state index contributed by atoms with van der Waals surface area (Å²) in [5, 5.41) is 3.64. The number of benzene rings is 1. The smallest absolute Gasteiger partial charge is 0.144 e. The van der Waals surface area contributed by atoms with Crippen LogP contribution >= 0.6 is 0 Å². The van der Waals surface area contributed by atoms with Crippen molar-refractivity contribution < 1.29 is 4.74 Å². The fourth-order valence-corrected chi connectivity index (χ4v) is 2.74. The van der Waals surface area contributed by atoms with Gasteiger partial charge < -0.3 is 15.8 Å². The highest BCUT2D eigenvalue weighted by Gasteiger charge is 2.11. The predicted octanol–water partition coefficient (Wildman–Crippen LogP) is 4.19. The van der Waals surface area contributed by atoms with Crippen molar-refractivity contribution in [1.82, 2.24) is 0 Å². The minimum absolute atomic E-state index is 0.596. The third-order valence-electron chi connectivity index (χ3n) is 3.79. The molecule has 2 rings (SSSR count). The fourth-order valence-electron chi connectivity index (χ4n) is 2.74. The first-order chi connectivity index (χ1) is 9.29. The van der Waals surface area contributed by atoms with Gasteiger partial charge in [0.1, 0.15) is 5.75 Å². The third-order valence-corrected chi connectivity index (χ3v) is 3.79. The summed E-state index contributed by atoms with van der Waals surface area (Å²) < 4.78 is 5.55. The van der Waals surface area contributed by atoms with Crippen LogP contribution in [0, 0.1) is 0 Å². The van der Waals surface area contributed by atoms with E-state index in [9.17, 15) is 0 Å². The predicted molar refractivity (Wildman–Crippen MR) is 81.8 cm³/mol. The third kappa shape index (κ3) is 4.34. The second-order valence-electron chi connectivity index (χ2n) is 5.37. The highest BCUT2D eigenvalue weighted by molar-refractivity contribution is 5.61. The molecule has 106 valence electrons. The number of nitrogens with two attached hydrogens (primary N) is 1. The Morgan fingerprint density at radius 3 is 2.53 bits per heavy atom. The van der Waals surface area contributed by atoms with Crippen molar-refractivity contribution in [3.05, 3.63) is 18.2 Å². The molecule has 3 nitrogen and oxygen atoms in total. The summed E-state index contributed by atoms with van der Waals surface area (Å²) in [5.41, 5.74) is 7.74. The van der Waals surface area contributed by atoms with Crippen LogP contribution in [0.15, 0.2) is 18.2 Å². The van der Waals surface area contributed by atoms with E-state index in [4.69, 9.17) is 10.5 Å². The zero-order valence-electron chi connectivity index (χ0n) is 12.0. The van der Waals surface area contributed by atoms with Gasteiger partial charge in [0.2, 0.25) is 0 Å². The van der Waals surface area contributed by atoms with E-state index >= 15 is 0 Å². The van der Waals surface area contributed by atoms with Crippen LogP contribution in [0.1, 0.15) is 51.9 Å². The van der Waals surface area contributed by atoms with E-state index in [-0.39, 0.29) is 0 Å². The van der Waals surface area contributed by atoms with Gasteiger partial charge in [-0.25, -0.2) is 0 Å². The van der Waals surface area contributed by atoms with Gasteiger partial charge in [-0.3, -0.25) is 0 Å². The molecule has 1 aliphatic carbocycles. The van der Waals surface area contributed by atoms with Gasteiger partial charge in [-0.15, -0.1) is 0 Å². The van der Waals surface area contributed by atoms with E-state index in [2.05, 4.69) is 11.4 Å². The maximum atomic E-state index is 5.90. The number of hydrogen-bond acceptors (Lipinski definition) is 3. The Balaban J connectivity index is 1.98. The van der Waals surface area contributed by atoms with Gasteiger partial charge in [0.25, 0.3) is 0 Å². The number of ether oxygens (including phenoxy) is 1. The summed E-state index contributed by atoms with van der Waals surface area (Å²) in [6.45, 7) is 2.63. The van der Waals surface area contributed by atoms with Crippen molar-refractivity contribution in [3.63, 3.8) is 0 Å². The molecule has 0 spiro atoms. The van der Waals surface area contributed by atoms with Crippen LogP contribution in [0.2, 0.25) is 0 Å². The number of anilines is 2. The maximum Gasteiger partial charge on any atom is 0.144 e. The van der Waals surface area contributed by atoms with Crippen LogP contribution < -0.4 is 15.8 Å². The number of nitrogen functional groups attached to an aromatic ring is 1. The largest absolute Gasteiger partial charge is 0.492 e. The van der Waals surface area contributed by atoms with Crippen molar-refractivity contribution in [1.29, 1.82) is 0 Å². The van der Waals surface area contributed by atoms with Crippen LogP contribution in [-0.2, 0) is 0 Å². The molecule has 1 aliphatic rings. The lowest BCUT2D eigenvalue weighted by atomic mass is 9.96. The quantitative estimate of drug-likeness (QED) is 0.800. The lowest BCUT2D eigenvalue weighted by Crippen LogP contribution is -2.20. The van der Waals surface area contributed by atoms with Gasteiger partial charge in [-0.05, 0) is 31.9 Å². The summed E-state index contributed by atoms with van der Waals surface area (Å²) in [7, 11) is 0. The molecule has 3 N–H and O–H groups in total. The summed E-state index contributed by atoms with van der Waals surface area (Å²) >= 11 is 0. The molecule has 0 bridgehead atoms. The number of hydrogen-bond donors (Lipinski definition) is 2. The van der Waals surface area contributed by atoms with Gasteiger partial charge in [0.05, 0.1) is 12.3 Å². The highest BCUT2D eigenvalue weighted by Crippen LogP contribution is 2.27. The Bertz CT molecular complexity index is 384. The molecular formula is C16H26N2O. The molecule has 0 heterocycles. The Morgan fingerprint density at radius 1 is 1.16 bits per heavy atom. The molecule has 0 saturated heterocycles. The summed E-state index contributed by atoms with van der Waals surface area (Å²) in [6.07, 6.45) is 9.38. The lowest BCUT2D eigenvalue weighted by molar-refractivity contribution is 0.342. The second-order valence-corrected chi connectivity index (χ2v) is 5.37. The van der Waals surface area contributed by atoms with Crippen LogP contribution in [-0.4, -0.2) is 12.6 Å². The molecule has 19 heavy (non-hydrogen) atoms. The van der Waals surface area contributed by atoms with Crippen LogP contribution in [0.5, 0.6) is 5.75 Å². The maximum absolute atomic E-state index is 5.90. The molecule has 1 saturated carbocycles. The Labute approximate surface area is 116 Å². The van der Waals surface area contributed by atoms with E-state index in [1.54, 1.807) is 0 Å². The van der Waals surface area contributed by atoms with Crippen molar-refractivity contribution in [3.8, 4) is 5.75 Å². The van der Waals surface area contributed by atoms with E-state index in [1.165, 1.54) is 44.9 Å². The molecule has 0 aliphatic heterocycles. The van der Waals surface area contributed by atoms with Gasteiger partial charge in [0, 0.05) is 17.8 Å². The molecule has 1 fully saturated rings. The Kier molecular flexibility index (Phi) is 5.37. The van der Waals surface area contributed by atoms with Gasteiger partial charge in [-0.2, -0.15) is 0 Å². The SMILES string of the molecule is CCOc1cc(NC2CCCCCCC2)ccc1N. The molecule has 3 heteroatoms. The normalized spacial score (nSPS) is 17.5. The average Bonchev–Trinajstić information content (AvgIpc) is 2.37. The Morgan fingerprint density at radius 2 is 1.84 bits per heavy atom. The average molecular weight is 262 g/mol. The second kappa shape index (κ2) is 7.27. The van der Waals surface area contributed by atoms with Crippen LogP contribution in [0.4, 0.5) is 11.4 Å². The lowest BCUT2D eigenvalue weighted by Gasteiger charge is -2.22. The zero-order valence-corrected chi connectivity index (χ0v) is 12.0. The monoisotopic (exact) mass is 262 g/mol. The van der Waals surface area contributed by atoms with Gasteiger partial charge >= 0.3 is 0 Å². The molecule has 0 aromatic heterocycles. The molecular weight excluding hydrogens is 236 g/mol. The fraction of sp³-hybridized carbons (Fsp3) is 0.625. The zero-order chi connectivity index (χ0) is 13.5. The first-order valence-corrected chi connectivity index (χ1v) is 7.58. The molecule has 1 aromatic rings. The van der Waals surface area contributed by atoms with E-state index in [0.29, 0.717) is 18.3 Å². The first kappa shape index (κ1) is 14.0. The standard InChI is InChI=1S/C16H26N2O/c1-2-19-16-12-14(10-11-15(16)17)18-13-8-6-4-3-5-7-9-13/h10-13,18H,2-9,17H2,1H3. The van der Waals surface area contributed by atoms with Crippen LogP contribution in [0.3, 0.4) is 0 Å². The molecule has 0 amide bonds. The summed E-state index contributed by atoms with van der Waals surface area (Å²) in [4.78, 5) is 0. The van der Waals surface area contributed by atoms with Crippen molar-refractivity contribution >= 4 is 11.4 Å². The minimum Gasteiger partial charge on any atom is -0.492 e. The highest BCUT2D eigenvalue weighted by atomic mass is 16.5. The van der Waals surface area contributed by atoms with Crippen molar-refractivity contribution in [2.75, 3.05) is 17.7 Å². The van der Waals surface area contributed by atoms with Crippen LogP contribution in [0.25, 0.3) is 0 Å². The Hall–Kier alpha value is -1.38. The topological polar surface area (TPSA) is 47.3 Å². The summed E-state index contributed by atoms with van der Waals surface area (Å²) in [5.74, 6) is 0.790. The first-order valence-electron chi connectivity index (χ1n) is 7.58. The minimum atomic E-state index is 0.596. The van der Waals surface area contributed by atoms with Crippen molar-refractivity contribution in [2.45, 2.75) is 57.9 Å². The van der Waals surface area contributed by atoms with Gasteiger partial charge in [0.15, 0.2) is 0 Å². The van der Waals surface area contributed by atoms with Crippen molar-refractivity contribution in [2.24, 2.45) is 0 Å². The molecule has 0 unspecified atom stereocenters. The summed E-state index contributed by atoms with van der Waals surface area (Å²) in [6, 6.07) is 6.60. The van der Waals surface area contributed by atoms with E-state index in [1.807, 2.05) is 19.1 Å². The number of nitrogens with one attached hydrogen (secondary N) is 1. The van der Waals surface area contributed by atoms with E-state index < -0.39 is 0 Å². The number of rotatable bonds is 4. The van der Waals surface area contributed by atoms with E-state index in [0.717, 1.165) is 11.4 Å². The molecule has 0 atom stereocenters.